The molecule has 1 saturated heterocycles. The number of aliphatic hydroxyl groups excluding tert-OH is 1. The number of ether oxygens (including phenoxy) is 1. The lowest BCUT2D eigenvalue weighted by molar-refractivity contribution is -0.155. The van der Waals surface area contributed by atoms with E-state index in [0.717, 1.165) is 32.1 Å². The Morgan fingerprint density at radius 1 is 1.13 bits per heavy atom. The lowest BCUT2D eigenvalue weighted by Gasteiger charge is -2.34. The fourth-order valence-corrected chi connectivity index (χ4v) is 4.88. The fraction of sp³-hybridized carbons (Fsp3) is 0.792. The topological polar surface area (TPSA) is 95.9 Å². The van der Waals surface area contributed by atoms with Crippen molar-refractivity contribution in [3.05, 3.63) is 12.2 Å². The minimum Gasteiger partial charge on any atom is -0.466 e. The van der Waals surface area contributed by atoms with Gasteiger partial charge in [0.15, 0.2) is 0 Å². The number of amides is 2. The van der Waals surface area contributed by atoms with Gasteiger partial charge in [0.25, 0.3) is 0 Å². The molecular weight excluding hydrogens is 396 g/mol. The van der Waals surface area contributed by atoms with Gasteiger partial charge >= 0.3 is 5.97 Å². The van der Waals surface area contributed by atoms with E-state index in [1.165, 1.54) is 0 Å². The van der Waals surface area contributed by atoms with Gasteiger partial charge in [-0.15, -0.1) is 0 Å². The first-order valence-electron chi connectivity index (χ1n) is 11.7. The first kappa shape index (κ1) is 25.4. The van der Waals surface area contributed by atoms with E-state index in [1.807, 2.05) is 39.8 Å². The van der Waals surface area contributed by atoms with Crippen molar-refractivity contribution in [1.29, 1.82) is 0 Å². The second kappa shape index (κ2) is 11.1. The maximum absolute atomic E-state index is 13.6. The Morgan fingerprint density at radius 3 is 2.39 bits per heavy atom. The molecule has 1 fully saturated rings. The van der Waals surface area contributed by atoms with Gasteiger partial charge in [-0.05, 0) is 52.9 Å². The normalized spacial score (nSPS) is 27.9. The van der Waals surface area contributed by atoms with Gasteiger partial charge in [-0.3, -0.25) is 14.4 Å². The molecule has 0 unspecified atom stereocenters. The van der Waals surface area contributed by atoms with Gasteiger partial charge in [0, 0.05) is 24.6 Å². The van der Waals surface area contributed by atoms with Crippen molar-refractivity contribution in [3.63, 3.8) is 0 Å². The summed E-state index contributed by atoms with van der Waals surface area (Å²) in [6.45, 7) is 10.4. The van der Waals surface area contributed by atoms with Gasteiger partial charge in [0.2, 0.25) is 11.8 Å². The zero-order chi connectivity index (χ0) is 23.2. The maximum Gasteiger partial charge on any atom is 0.310 e. The summed E-state index contributed by atoms with van der Waals surface area (Å²) in [4.78, 5) is 41.4. The monoisotopic (exact) mass is 436 g/mol. The Morgan fingerprint density at radius 2 is 1.81 bits per heavy atom. The number of nitrogens with zero attached hydrogens (tertiary/aromatic N) is 1. The van der Waals surface area contributed by atoms with Gasteiger partial charge in [-0.25, -0.2) is 0 Å². The highest BCUT2D eigenvalue weighted by Crippen LogP contribution is 2.45. The minimum atomic E-state index is -0.624. The Kier molecular flexibility index (Phi) is 9.10. The molecule has 2 amide bonds. The number of fused-ring (bicyclic) bond motifs is 1. The van der Waals surface area contributed by atoms with Crippen LogP contribution in [0.2, 0.25) is 0 Å². The molecular formula is C24H40N2O5. The van der Waals surface area contributed by atoms with Crippen LogP contribution in [0.25, 0.3) is 0 Å². The first-order valence-corrected chi connectivity index (χ1v) is 11.7. The highest BCUT2D eigenvalue weighted by Gasteiger charge is 2.57. The van der Waals surface area contributed by atoms with E-state index < -0.39 is 23.4 Å². The molecule has 0 radical (unpaired) electrons. The first-order chi connectivity index (χ1) is 14.7. The number of likely N-dealkylation sites (tertiary alicyclic amines) is 1. The quantitative estimate of drug-likeness (QED) is 0.312. The van der Waals surface area contributed by atoms with Crippen molar-refractivity contribution < 1.29 is 24.2 Å². The number of carbonyl (C=O) groups excluding carboxylic acids is 3. The van der Waals surface area contributed by atoms with Crippen LogP contribution in [0.5, 0.6) is 0 Å². The summed E-state index contributed by atoms with van der Waals surface area (Å²) in [5, 5.41) is 12.0. The summed E-state index contributed by atoms with van der Waals surface area (Å²) in [5.74, 6) is -2.18. The second-order valence-electron chi connectivity index (χ2n) is 9.69. The van der Waals surface area contributed by atoms with Gasteiger partial charge in [0.05, 0.1) is 18.4 Å². The molecule has 1 aliphatic carbocycles. The number of hydrogen-bond donors (Lipinski definition) is 2. The number of nitrogens with one attached hydrogen (secondary N) is 1. The number of carbonyl (C=O) groups is 3. The van der Waals surface area contributed by atoms with Crippen molar-refractivity contribution in [1.82, 2.24) is 10.2 Å². The molecule has 2 rings (SSSR count). The molecule has 0 aromatic carbocycles. The highest BCUT2D eigenvalue weighted by molar-refractivity contribution is 5.96. The van der Waals surface area contributed by atoms with E-state index >= 15 is 0 Å². The lowest BCUT2D eigenvalue weighted by Crippen LogP contribution is -2.52. The Bertz CT molecular complexity index is 669. The molecule has 0 bridgehead atoms. The van der Waals surface area contributed by atoms with Crippen LogP contribution in [0.4, 0.5) is 0 Å². The van der Waals surface area contributed by atoms with E-state index in [0.29, 0.717) is 6.54 Å². The number of hydrogen-bond acceptors (Lipinski definition) is 5. The smallest absolute Gasteiger partial charge is 0.310 e. The summed E-state index contributed by atoms with van der Waals surface area (Å²) in [6, 6.07) is -0.624. The van der Waals surface area contributed by atoms with Gasteiger partial charge in [0.1, 0.15) is 6.04 Å². The SMILES string of the molecule is CCOC(=O)[C@H]1[C@@H]2C(=O)N(CCCCCCO)[C@H](C(=O)NC(C)(C)C)[C@H]2C=C[C@H]1CC. The summed E-state index contributed by atoms with van der Waals surface area (Å²) < 4.78 is 5.34. The molecule has 0 spiro atoms. The maximum atomic E-state index is 13.6. The lowest BCUT2D eigenvalue weighted by atomic mass is 9.69. The molecule has 7 nitrogen and oxygen atoms in total. The van der Waals surface area contributed by atoms with Crippen molar-refractivity contribution in [2.45, 2.75) is 78.3 Å². The average Bonchev–Trinajstić information content (AvgIpc) is 2.98. The van der Waals surface area contributed by atoms with E-state index in [1.54, 1.807) is 11.8 Å². The summed E-state index contributed by atoms with van der Waals surface area (Å²) in [6.07, 6.45) is 7.96. The number of unbranched alkanes of at least 4 members (excludes halogenated alkanes) is 3. The third kappa shape index (κ3) is 6.09. The Labute approximate surface area is 186 Å². The largest absolute Gasteiger partial charge is 0.466 e. The Hall–Kier alpha value is -1.89. The van der Waals surface area contributed by atoms with Crippen LogP contribution in [-0.4, -0.2) is 59.1 Å². The molecule has 2 aliphatic rings. The zero-order valence-electron chi connectivity index (χ0n) is 19.7. The third-order valence-corrected chi connectivity index (χ3v) is 6.22. The molecule has 0 aromatic heterocycles. The van der Waals surface area contributed by atoms with Crippen LogP contribution in [0.3, 0.4) is 0 Å². The Balaban J connectivity index is 2.34. The van der Waals surface area contributed by atoms with Crippen molar-refractivity contribution in [2.24, 2.45) is 23.7 Å². The third-order valence-electron chi connectivity index (χ3n) is 6.22. The summed E-state index contributed by atoms with van der Waals surface area (Å²) in [7, 11) is 0. The predicted octanol–water partition coefficient (Wildman–Crippen LogP) is 2.67. The molecule has 1 aliphatic heterocycles. The van der Waals surface area contributed by atoms with E-state index in [-0.39, 0.29) is 42.8 Å². The summed E-state index contributed by atoms with van der Waals surface area (Å²) in [5.41, 5.74) is -0.421. The van der Waals surface area contributed by atoms with Crippen LogP contribution in [-0.2, 0) is 19.1 Å². The number of rotatable bonds is 10. The summed E-state index contributed by atoms with van der Waals surface area (Å²) >= 11 is 0. The van der Waals surface area contributed by atoms with E-state index in [4.69, 9.17) is 9.84 Å². The van der Waals surface area contributed by atoms with Crippen LogP contribution < -0.4 is 5.32 Å². The number of aliphatic hydroxyl groups is 1. The number of esters is 1. The average molecular weight is 437 g/mol. The fourth-order valence-electron chi connectivity index (χ4n) is 4.88. The van der Waals surface area contributed by atoms with Gasteiger partial charge in [-0.1, -0.05) is 31.9 Å². The van der Waals surface area contributed by atoms with Crippen LogP contribution in [0.1, 0.15) is 66.7 Å². The molecule has 2 N–H and O–H groups in total. The van der Waals surface area contributed by atoms with Crippen LogP contribution in [0, 0.1) is 23.7 Å². The van der Waals surface area contributed by atoms with E-state index in [9.17, 15) is 14.4 Å². The standard InChI is InChI=1S/C24H40N2O5/c1-6-16-12-13-17-19(18(16)23(30)31-7-2)22(29)26(14-10-8-9-11-15-27)20(17)21(28)25-24(3,4)5/h12-13,16-20,27H,6-11,14-15H2,1-5H3,(H,25,28)/t16-,17+,18-,19-,20+/m1/s1. The molecule has 176 valence electrons. The van der Waals surface area contributed by atoms with Crippen molar-refractivity contribution >= 4 is 17.8 Å². The van der Waals surface area contributed by atoms with Crippen LogP contribution in [0.15, 0.2) is 12.2 Å². The second-order valence-corrected chi connectivity index (χ2v) is 9.69. The van der Waals surface area contributed by atoms with Crippen molar-refractivity contribution in [2.75, 3.05) is 19.8 Å². The molecule has 0 aromatic rings. The number of allylic oxidation sites excluding steroid dienone is 1. The minimum absolute atomic E-state index is 0.0694. The van der Waals surface area contributed by atoms with Crippen molar-refractivity contribution in [3.8, 4) is 0 Å². The van der Waals surface area contributed by atoms with Gasteiger partial charge < -0.3 is 20.1 Å². The molecule has 0 saturated carbocycles. The molecule has 31 heavy (non-hydrogen) atoms. The zero-order valence-corrected chi connectivity index (χ0v) is 19.7. The predicted molar refractivity (Wildman–Crippen MR) is 119 cm³/mol. The highest BCUT2D eigenvalue weighted by atomic mass is 16.5. The molecule has 7 heteroatoms. The molecule has 1 heterocycles. The van der Waals surface area contributed by atoms with Crippen LogP contribution >= 0.6 is 0 Å². The van der Waals surface area contributed by atoms with Gasteiger partial charge in [-0.2, -0.15) is 0 Å². The molecule has 5 atom stereocenters. The van der Waals surface area contributed by atoms with E-state index in [2.05, 4.69) is 5.32 Å².